The van der Waals surface area contributed by atoms with Gasteiger partial charge in [-0.2, -0.15) is 0 Å². The summed E-state index contributed by atoms with van der Waals surface area (Å²) in [5.41, 5.74) is -0.145. The molecule has 0 unspecified atom stereocenters. The smallest absolute Gasteiger partial charge is 0.258 e. The highest BCUT2D eigenvalue weighted by atomic mass is 79.9. The molecule has 0 N–H and O–H groups in total. The standard InChI is InChI=1S/C5H2BrClN2O2/c6-5-1-4(9(10)11)3(7)2-8-5/h1-2H. The lowest BCUT2D eigenvalue weighted by Crippen LogP contribution is -1.89. The maximum absolute atomic E-state index is 10.2. The quantitative estimate of drug-likeness (QED) is 0.428. The van der Waals surface area contributed by atoms with Gasteiger partial charge >= 0.3 is 0 Å². The number of nitrogens with zero attached hydrogens (tertiary/aromatic N) is 2. The van der Waals surface area contributed by atoms with Crippen LogP contribution in [0, 0.1) is 10.1 Å². The Morgan fingerprint density at radius 3 is 2.82 bits per heavy atom. The van der Waals surface area contributed by atoms with E-state index in [2.05, 4.69) is 20.9 Å². The van der Waals surface area contributed by atoms with E-state index in [1.807, 2.05) is 0 Å². The van der Waals surface area contributed by atoms with Crippen molar-refractivity contribution in [3.63, 3.8) is 0 Å². The molecule has 0 saturated carbocycles. The van der Waals surface area contributed by atoms with Crippen molar-refractivity contribution < 1.29 is 4.92 Å². The van der Waals surface area contributed by atoms with Crippen molar-refractivity contribution in [2.45, 2.75) is 0 Å². The molecule has 6 heteroatoms. The third-order valence-electron chi connectivity index (χ3n) is 0.998. The molecule has 1 aromatic heterocycles. The molecule has 0 radical (unpaired) electrons. The summed E-state index contributed by atoms with van der Waals surface area (Å²) in [6, 6.07) is 1.25. The van der Waals surface area contributed by atoms with Crippen molar-refractivity contribution in [3.05, 3.63) is 32.0 Å². The molecule has 1 heterocycles. The van der Waals surface area contributed by atoms with Gasteiger partial charge in [-0.05, 0) is 15.9 Å². The maximum Gasteiger partial charge on any atom is 0.292 e. The highest BCUT2D eigenvalue weighted by Crippen LogP contribution is 2.25. The molecule has 0 aromatic carbocycles. The van der Waals surface area contributed by atoms with E-state index in [-0.39, 0.29) is 10.7 Å². The highest BCUT2D eigenvalue weighted by molar-refractivity contribution is 9.10. The molecule has 58 valence electrons. The number of hydrogen-bond donors (Lipinski definition) is 0. The Hall–Kier alpha value is -0.680. The van der Waals surface area contributed by atoms with E-state index in [0.717, 1.165) is 0 Å². The van der Waals surface area contributed by atoms with Crippen LogP contribution < -0.4 is 0 Å². The van der Waals surface area contributed by atoms with E-state index >= 15 is 0 Å². The van der Waals surface area contributed by atoms with Crippen molar-refractivity contribution in [2.24, 2.45) is 0 Å². The Morgan fingerprint density at radius 1 is 1.73 bits per heavy atom. The zero-order chi connectivity index (χ0) is 8.43. The SMILES string of the molecule is O=[N+]([O-])c1cc(Br)ncc1Cl. The van der Waals surface area contributed by atoms with Gasteiger partial charge in [0.15, 0.2) is 0 Å². The van der Waals surface area contributed by atoms with Gasteiger partial charge in [-0.25, -0.2) is 4.98 Å². The monoisotopic (exact) mass is 236 g/mol. The lowest BCUT2D eigenvalue weighted by molar-refractivity contribution is -0.384. The Morgan fingerprint density at radius 2 is 2.36 bits per heavy atom. The zero-order valence-electron chi connectivity index (χ0n) is 5.12. The van der Waals surface area contributed by atoms with Crippen LogP contribution in [0.5, 0.6) is 0 Å². The molecule has 0 aliphatic heterocycles. The molecule has 0 fully saturated rings. The van der Waals surface area contributed by atoms with Crippen molar-refractivity contribution in [3.8, 4) is 0 Å². The summed E-state index contributed by atoms with van der Waals surface area (Å²) >= 11 is 8.46. The molecule has 0 saturated heterocycles. The summed E-state index contributed by atoms with van der Waals surface area (Å²) in [6.45, 7) is 0. The van der Waals surface area contributed by atoms with Gasteiger partial charge in [0.05, 0.1) is 17.2 Å². The van der Waals surface area contributed by atoms with Crippen molar-refractivity contribution >= 4 is 33.2 Å². The molecule has 11 heavy (non-hydrogen) atoms. The molecular formula is C5H2BrClN2O2. The minimum absolute atomic E-state index is 0.0400. The summed E-state index contributed by atoms with van der Waals surface area (Å²) in [5.74, 6) is 0. The predicted octanol–water partition coefficient (Wildman–Crippen LogP) is 2.41. The van der Waals surface area contributed by atoms with Gasteiger partial charge < -0.3 is 0 Å². The molecule has 0 amide bonds. The molecule has 0 aliphatic carbocycles. The predicted molar refractivity (Wildman–Crippen MR) is 43.6 cm³/mol. The van der Waals surface area contributed by atoms with E-state index in [1.165, 1.54) is 12.3 Å². The minimum Gasteiger partial charge on any atom is -0.258 e. The van der Waals surface area contributed by atoms with Gasteiger partial charge in [0, 0.05) is 0 Å². The second-order valence-corrected chi connectivity index (χ2v) is 2.94. The third-order valence-corrected chi connectivity index (χ3v) is 1.72. The molecule has 0 atom stereocenters. The molecule has 0 bridgehead atoms. The molecule has 1 aromatic rings. The number of nitro groups is 1. The average molecular weight is 237 g/mol. The molecular weight excluding hydrogens is 235 g/mol. The fraction of sp³-hybridized carbons (Fsp3) is 0. The average Bonchev–Trinajstić information content (AvgIpc) is 1.94. The van der Waals surface area contributed by atoms with Crippen LogP contribution in [0.25, 0.3) is 0 Å². The van der Waals surface area contributed by atoms with Crippen LogP contribution in [0.1, 0.15) is 0 Å². The van der Waals surface area contributed by atoms with Crippen LogP contribution >= 0.6 is 27.5 Å². The molecule has 0 spiro atoms. The number of halogens is 2. The van der Waals surface area contributed by atoms with Crippen LogP contribution in [0.3, 0.4) is 0 Å². The fourth-order valence-electron chi connectivity index (χ4n) is 0.543. The number of rotatable bonds is 1. The number of pyridine rings is 1. The Balaban J connectivity index is 3.23. The Labute approximate surface area is 75.5 Å². The lowest BCUT2D eigenvalue weighted by Gasteiger charge is -1.93. The second-order valence-electron chi connectivity index (χ2n) is 1.72. The van der Waals surface area contributed by atoms with E-state index in [9.17, 15) is 10.1 Å². The highest BCUT2D eigenvalue weighted by Gasteiger charge is 2.12. The van der Waals surface area contributed by atoms with Crippen LogP contribution in [-0.4, -0.2) is 9.91 Å². The Bertz CT molecular complexity index is 305. The molecule has 0 aliphatic rings. The zero-order valence-corrected chi connectivity index (χ0v) is 7.46. The number of hydrogen-bond acceptors (Lipinski definition) is 3. The fourth-order valence-corrected chi connectivity index (χ4v) is 1.03. The summed E-state index contributed by atoms with van der Waals surface area (Å²) < 4.78 is 0.397. The first kappa shape index (κ1) is 8.42. The minimum atomic E-state index is -0.561. The molecule has 4 nitrogen and oxygen atoms in total. The van der Waals surface area contributed by atoms with Crippen LogP contribution in [0.15, 0.2) is 16.9 Å². The van der Waals surface area contributed by atoms with E-state index in [4.69, 9.17) is 11.6 Å². The second kappa shape index (κ2) is 3.15. The van der Waals surface area contributed by atoms with E-state index in [0.29, 0.717) is 4.60 Å². The van der Waals surface area contributed by atoms with Crippen molar-refractivity contribution in [2.75, 3.05) is 0 Å². The summed E-state index contributed by atoms with van der Waals surface area (Å²) in [7, 11) is 0. The third kappa shape index (κ3) is 1.87. The largest absolute Gasteiger partial charge is 0.292 e. The lowest BCUT2D eigenvalue weighted by atomic mass is 10.4. The van der Waals surface area contributed by atoms with Crippen LogP contribution in [-0.2, 0) is 0 Å². The maximum atomic E-state index is 10.2. The van der Waals surface area contributed by atoms with Gasteiger partial charge in [0.25, 0.3) is 5.69 Å². The molecule has 1 rings (SSSR count). The number of aromatic nitrogens is 1. The summed E-state index contributed by atoms with van der Waals surface area (Å²) in [4.78, 5) is 13.4. The summed E-state index contributed by atoms with van der Waals surface area (Å²) in [6.07, 6.45) is 1.23. The van der Waals surface area contributed by atoms with Gasteiger partial charge in [-0.15, -0.1) is 0 Å². The van der Waals surface area contributed by atoms with Gasteiger partial charge in [0.2, 0.25) is 0 Å². The van der Waals surface area contributed by atoms with Gasteiger partial charge in [-0.3, -0.25) is 10.1 Å². The van der Waals surface area contributed by atoms with E-state index < -0.39 is 4.92 Å². The summed E-state index contributed by atoms with van der Waals surface area (Å²) in [5, 5.41) is 10.3. The van der Waals surface area contributed by atoms with Crippen LogP contribution in [0.4, 0.5) is 5.69 Å². The Kier molecular flexibility index (Phi) is 2.41. The van der Waals surface area contributed by atoms with Gasteiger partial charge in [-0.1, -0.05) is 11.6 Å². The first-order valence-electron chi connectivity index (χ1n) is 2.56. The first-order valence-corrected chi connectivity index (χ1v) is 3.74. The normalized spacial score (nSPS) is 9.64. The van der Waals surface area contributed by atoms with Gasteiger partial charge in [0.1, 0.15) is 9.63 Å². The van der Waals surface area contributed by atoms with E-state index in [1.54, 1.807) is 0 Å². The topological polar surface area (TPSA) is 56.0 Å². The van der Waals surface area contributed by atoms with Crippen LogP contribution in [0.2, 0.25) is 5.02 Å². The van der Waals surface area contributed by atoms with Crippen molar-refractivity contribution in [1.29, 1.82) is 0 Å². The van der Waals surface area contributed by atoms with Crippen molar-refractivity contribution in [1.82, 2.24) is 4.98 Å². The first-order chi connectivity index (χ1) is 5.11.